The van der Waals surface area contributed by atoms with Crippen LogP contribution in [0.2, 0.25) is 5.02 Å². The fourth-order valence-electron chi connectivity index (χ4n) is 3.34. The Morgan fingerprint density at radius 2 is 1.77 bits per heavy atom. The molecule has 3 rings (SSSR count). The maximum atomic E-state index is 10.9. The van der Waals surface area contributed by atoms with Crippen molar-refractivity contribution >= 4 is 33.5 Å². The first-order chi connectivity index (χ1) is 16.7. The number of aryl methyl sites for hydroxylation is 1. The lowest BCUT2D eigenvalue weighted by Gasteiger charge is -2.23. The van der Waals surface area contributed by atoms with E-state index in [-0.39, 0.29) is 0 Å². The van der Waals surface area contributed by atoms with Crippen molar-refractivity contribution in [1.82, 2.24) is 0 Å². The molecular formula is C26H28ClNO5S2. The third-order valence-corrected chi connectivity index (χ3v) is 7.08. The van der Waals surface area contributed by atoms with Crippen molar-refractivity contribution in [2.75, 3.05) is 6.61 Å². The molecule has 3 aromatic carbocycles. The number of benzene rings is 3. The van der Waals surface area contributed by atoms with Gasteiger partial charge in [-0.3, -0.25) is 4.55 Å². The third kappa shape index (κ3) is 9.33. The largest absolute Gasteiger partial charge is 0.489 e. The molecule has 0 amide bonds. The molecule has 0 aromatic heterocycles. The zero-order chi connectivity index (χ0) is 25.3. The Morgan fingerprint density at radius 1 is 1.03 bits per heavy atom. The van der Waals surface area contributed by atoms with Gasteiger partial charge < -0.3 is 15.6 Å². The van der Waals surface area contributed by atoms with Crippen LogP contribution < -0.4 is 10.5 Å². The smallest absolute Gasteiger partial charge is 0.287 e. The molecule has 0 saturated carbocycles. The minimum atomic E-state index is -4.30. The Morgan fingerprint density at radius 3 is 2.46 bits per heavy atom. The lowest BCUT2D eigenvalue weighted by molar-refractivity contribution is 0.217. The monoisotopic (exact) mass is 533 g/mol. The van der Waals surface area contributed by atoms with E-state index in [1.54, 1.807) is 11.8 Å². The maximum Gasteiger partial charge on any atom is 0.287 e. The number of aliphatic hydroxyl groups is 1. The van der Waals surface area contributed by atoms with Crippen molar-refractivity contribution in [1.29, 1.82) is 0 Å². The van der Waals surface area contributed by atoms with Gasteiger partial charge >= 0.3 is 0 Å². The van der Waals surface area contributed by atoms with Crippen molar-refractivity contribution in [3.63, 3.8) is 0 Å². The summed E-state index contributed by atoms with van der Waals surface area (Å²) in [4.78, 5) is 2.01. The molecule has 35 heavy (non-hydrogen) atoms. The van der Waals surface area contributed by atoms with Gasteiger partial charge in [-0.25, -0.2) is 0 Å². The molecule has 186 valence electrons. The topological polar surface area (TPSA) is 110 Å². The van der Waals surface area contributed by atoms with Crippen LogP contribution in [0.4, 0.5) is 0 Å². The summed E-state index contributed by atoms with van der Waals surface area (Å²) in [5, 5.41) is 10.7. The van der Waals surface area contributed by atoms with Crippen molar-refractivity contribution in [2.45, 2.75) is 41.2 Å². The van der Waals surface area contributed by atoms with Crippen LogP contribution in [-0.4, -0.2) is 30.2 Å². The summed E-state index contributed by atoms with van der Waals surface area (Å²) < 4.78 is 36.6. The predicted molar refractivity (Wildman–Crippen MR) is 140 cm³/mol. The molecular weight excluding hydrogens is 506 g/mol. The molecule has 0 heterocycles. The molecule has 0 aliphatic heterocycles. The number of ether oxygens (including phenoxy) is 1. The molecule has 0 saturated heterocycles. The quantitative estimate of drug-likeness (QED) is 0.264. The standard InChI is InChI=1S/C26H28ClNO5S2/c27-25-17-24(12-11-21(25)8-5-13-26(28,19-29)14-15-35(30,31)32)34-23-10-4-9-22(16-23)33-18-20-6-2-1-3-7-20/h1-4,6-7,9-12,14-17,29H,5,8,13,18-19,28H2,(H,30,31,32). The number of hydrogen-bond donors (Lipinski definition) is 3. The SMILES string of the molecule is NC(C=CS(=O)(=O)O)(CO)CCCc1ccc(Sc2cccc(OCc3ccccc3)c2)cc1Cl. The van der Waals surface area contributed by atoms with Gasteiger partial charge in [0.2, 0.25) is 0 Å². The number of aliphatic hydroxyl groups excluding tert-OH is 1. The molecule has 0 fully saturated rings. The van der Waals surface area contributed by atoms with Gasteiger partial charge in [0.25, 0.3) is 10.1 Å². The summed E-state index contributed by atoms with van der Waals surface area (Å²) in [5.74, 6) is 0.791. The molecule has 9 heteroatoms. The Balaban J connectivity index is 1.57. The summed E-state index contributed by atoms with van der Waals surface area (Å²) >= 11 is 8.08. The normalized spacial score (nSPS) is 13.6. The molecule has 0 aliphatic rings. The number of halogens is 1. The van der Waals surface area contributed by atoms with Gasteiger partial charge in [-0.1, -0.05) is 65.8 Å². The summed E-state index contributed by atoms with van der Waals surface area (Å²) in [6.45, 7) is 0.0535. The molecule has 1 atom stereocenters. The molecule has 1 unspecified atom stereocenters. The second kappa shape index (κ2) is 12.6. The van der Waals surface area contributed by atoms with Crippen LogP contribution in [0.5, 0.6) is 5.75 Å². The molecule has 3 aromatic rings. The van der Waals surface area contributed by atoms with Crippen molar-refractivity contribution < 1.29 is 22.8 Å². The third-order valence-electron chi connectivity index (χ3n) is 5.27. The average Bonchev–Trinajstić information content (AvgIpc) is 2.83. The lowest BCUT2D eigenvalue weighted by Crippen LogP contribution is -2.41. The summed E-state index contributed by atoms with van der Waals surface area (Å²) in [5.41, 5.74) is 6.81. The number of nitrogens with two attached hydrogens (primary N) is 1. The van der Waals surface area contributed by atoms with Gasteiger partial charge in [-0.05, 0) is 66.8 Å². The first-order valence-electron chi connectivity index (χ1n) is 11.0. The van der Waals surface area contributed by atoms with E-state index in [2.05, 4.69) is 0 Å². The van der Waals surface area contributed by atoms with Gasteiger partial charge in [0.15, 0.2) is 0 Å². The van der Waals surface area contributed by atoms with Crippen LogP contribution in [0, 0.1) is 0 Å². The van der Waals surface area contributed by atoms with Crippen LogP contribution in [0.15, 0.2) is 94.1 Å². The lowest BCUT2D eigenvalue weighted by atomic mass is 9.93. The summed E-state index contributed by atoms with van der Waals surface area (Å²) in [7, 11) is -4.30. The van der Waals surface area contributed by atoms with Crippen LogP contribution >= 0.6 is 23.4 Å². The fourth-order valence-corrected chi connectivity index (χ4v) is 5.03. The van der Waals surface area contributed by atoms with Crippen LogP contribution in [0.3, 0.4) is 0 Å². The van der Waals surface area contributed by atoms with E-state index in [4.69, 9.17) is 26.6 Å². The van der Waals surface area contributed by atoms with E-state index < -0.39 is 22.3 Å². The Kier molecular flexibility index (Phi) is 9.80. The Hall–Kier alpha value is -2.33. The van der Waals surface area contributed by atoms with E-state index in [1.165, 1.54) is 0 Å². The minimum Gasteiger partial charge on any atom is -0.489 e. The van der Waals surface area contributed by atoms with Crippen LogP contribution in [0.1, 0.15) is 24.0 Å². The average molecular weight is 534 g/mol. The highest BCUT2D eigenvalue weighted by Crippen LogP contribution is 2.33. The van der Waals surface area contributed by atoms with Gasteiger partial charge in [0.1, 0.15) is 12.4 Å². The number of hydrogen-bond acceptors (Lipinski definition) is 6. The highest BCUT2D eigenvalue weighted by molar-refractivity contribution is 7.99. The molecule has 0 bridgehead atoms. The van der Waals surface area contributed by atoms with Crippen molar-refractivity contribution in [3.8, 4) is 5.75 Å². The second-order valence-corrected chi connectivity index (χ2v) is 11.0. The van der Waals surface area contributed by atoms with E-state index in [9.17, 15) is 13.5 Å². The number of rotatable bonds is 12. The fraction of sp³-hybridized carbons (Fsp3) is 0.231. The van der Waals surface area contributed by atoms with Gasteiger partial charge in [-0.15, -0.1) is 0 Å². The molecule has 4 N–H and O–H groups in total. The van der Waals surface area contributed by atoms with Gasteiger partial charge in [0.05, 0.1) is 17.6 Å². The van der Waals surface area contributed by atoms with Crippen LogP contribution in [0.25, 0.3) is 0 Å². The predicted octanol–water partition coefficient (Wildman–Crippen LogP) is 5.48. The summed E-state index contributed by atoms with van der Waals surface area (Å²) in [6.07, 6.45) is 2.60. The molecule has 6 nitrogen and oxygen atoms in total. The first kappa shape index (κ1) is 27.3. The van der Waals surface area contributed by atoms with E-state index in [0.717, 1.165) is 32.7 Å². The highest BCUT2D eigenvalue weighted by atomic mass is 35.5. The maximum absolute atomic E-state index is 10.9. The Labute approximate surface area is 215 Å². The Bertz CT molecular complexity index is 1250. The first-order valence-corrected chi connectivity index (χ1v) is 13.7. The van der Waals surface area contributed by atoms with Crippen molar-refractivity contribution in [2.24, 2.45) is 5.73 Å². The van der Waals surface area contributed by atoms with E-state index in [1.807, 2.05) is 72.8 Å². The highest BCUT2D eigenvalue weighted by Gasteiger charge is 2.21. The molecule has 0 spiro atoms. The second-order valence-electron chi connectivity index (χ2n) is 8.17. The van der Waals surface area contributed by atoms with Gasteiger partial charge in [-0.2, -0.15) is 8.42 Å². The van der Waals surface area contributed by atoms with E-state index in [0.29, 0.717) is 36.3 Å². The zero-order valence-electron chi connectivity index (χ0n) is 19.0. The van der Waals surface area contributed by atoms with Gasteiger partial charge in [0, 0.05) is 14.8 Å². The zero-order valence-corrected chi connectivity index (χ0v) is 21.4. The van der Waals surface area contributed by atoms with Crippen molar-refractivity contribution in [3.05, 3.63) is 100 Å². The van der Waals surface area contributed by atoms with E-state index >= 15 is 0 Å². The molecule has 0 radical (unpaired) electrons. The van der Waals surface area contributed by atoms with Crippen LogP contribution in [-0.2, 0) is 23.1 Å². The molecule has 0 aliphatic carbocycles. The minimum absolute atomic E-state index is 0.318. The summed E-state index contributed by atoms with van der Waals surface area (Å²) in [6, 6.07) is 23.7.